The number of amides is 2. The van der Waals surface area contributed by atoms with Crippen molar-refractivity contribution in [2.45, 2.75) is 18.9 Å². The molecule has 0 bridgehead atoms. The van der Waals surface area contributed by atoms with Crippen LogP contribution in [0.3, 0.4) is 0 Å². The molecular formula is C21H20F2N2O3. The average molecular weight is 386 g/mol. The highest BCUT2D eigenvalue weighted by Crippen LogP contribution is 2.38. The van der Waals surface area contributed by atoms with Gasteiger partial charge < -0.3 is 9.64 Å². The van der Waals surface area contributed by atoms with Gasteiger partial charge in [0.25, 0.3) is 0 Å². The second-order valence-electron chi connectivity index (χ2n) is 7.25. The second-order valence-corrected chi connectivity index (χ2v) is 7.25. The van der Waals surface area contributed by atoms with Gasteiger partial charge in [0, 0.05) is 30.8 Å². The number of cyclic esters (lactones) is 1. The fourth-order valence-electron chi connectivity index (χ4n) is 4.02. The van der Waals surface area contributed by atoms with Crippen LogP contribution < -0.4 is 4.90 Å². The summed E-state index contributed by atoms with van der Waals surface area (Å²) in [6.07, 6.45) is -0.672. The number of halogens is 2. The van der Waals surface area contributed by atoms with Crippen LogP contribution in [0.25, 0.3) is 0 Å². The Morgan fingerprint density at radius 2 is 1.86 bits per heavy atom. The predicted octanol–water partition coefficient (Wildman–Crippen LogP) is 3.55. The molecule has 0 saturated carbocycles. The van der Waals surface area contributed by atoms with Gasteiger partial charge in [-0.05, 0) is 30.7 Å². The Morgan fingerprint density at radius 3 is 2.50 bits per heavy atom. The largest absolute Gasteiger partial charge is 0.447 e. The summed E-state index contributed by atoms with van der Waals surface area (Å²) in [6, 6.07) is 12.5. The zero-order valence-electron chi connectivity index (χ0n) is 15.3. The molecule has 0 aliphatic carbocycles. The molecule has 2 aromatic carbocycles. The summed E-state index contributed by atoms with van der Waals surface area (Å²) < 4.78 is 32.9. The van der Waals surface area contributed by atoms with Crippen LogP contribution in [-0.4, -0.2) is 42.6 Å². The van der Waals surface area contributed by atoms with Crippen molar-refractivity contribution in [3.05, 3.63) is 65.7 Å². The standard InChI is InChI=1S/C21H20F2N2O3/c1-13-12-28-21(27)25(13)20(26)18-11-24(15-5-3-2-4-6-15)10-17(18)16-8-7-14(22)9-19(16)23/h2-9,13,17-18H,10-12H2,1H3/t13-,17-,18+/m0/s1. The van der Waals surface area contributed by atoms with Gasteiger partial charge in [0.2, 0.25) is 5.91 Å². The Bertz CT molecular complexity index is 906. The first kappa shape index (κ1) is 18.4. The summed E-state index contributed by atoms with van der Waals surface area (Å²) in [4.78, 5) is 28.4. The molecule has 2 heterocycles. The van der Waals surface area contributed by atoms with Crippen LogP contribution in [0.4, 0.5) is 19.3 Å². The lowest BCUT2D eigenvalue weighted by molar-refractivity contribution is -0.133. The van der Waals surface area contributed by atoms with E-state index in [1.807, 2.05) is 35.2 Å². The van der Waals surface area contributed by atoms with Gasteiger partial charge in [-0.15, -0.1) is 0 Å². The van der Waals surface area contributed by atoms with Crippen LogP contribution in [0.15, 0.2) is 48.5 Å². The van der Waals surface area contributed by atoms with Gasteiger partial charge >= 0.3 is 6.09 Å². The molecule has 2 aromatic rings. The summed E-state index contributed by atoms with van der Waals surface area (Å²) in [5.74, 6) is -2.89. The number of hydrogen-bond acceptors (Lipinski definition) is 4. The summed E-state index contributed by atoms with van der Waals surface area (Å²) >= 11 is 0. The van der Waals surface area contributed by atoms with E-state index in [0.29, 0.717) is 13.1 Å². The van der Waals surface area contributed by atoms with Crippen molar-refractivity contribution in [3.63, 3.8) is 0 Å². The van der Waals surface area contributed by atoms with Gasteiger partial charge in [-0.3, -0.25) is 4.79 Å². The molecule has 0 radical (unpaired) electrons. The zero-order chi connectivity index (χ0) is 19.8. The van der Waals surface area contributed by atoms with Crippen LogP contribution in [-0.2, 0) is 9.53 Å². The van der Waals surface area contributed by atoms with Gasteiger partial charge in [-0.2, -0.15) is 0 Å². The SMILES string of the molecule is C[C@H]1COC(=O)N1C(=O)[C@@H]1CN(c2ccccc2)C[C@H]1c1ccc(F)cc1F. The Hall–Kier alpha value is -2.96. The first-order valence-electron chi connectivity index (χ1n) is 9.20. The predicted molar refractivity (Wildman–Crippen MR) is 98.9 cm³/mol. The third-order valence-electron chi connectivity index (χ3n) is 5.44. The van der Waals surface area contributed by atoms with Crippen LogP contribution in [0.5, 0.6) is 0 Å². The van der Waals surface area contributed by atoms with Crippen molar-refractivity contribution in [1.29, 1.82) is 0 Å². The van der Waals surface area contributed by atoms with E-state index in [2.05, 4.69) is 0 Å². The maximum atomic E-state index is 14.5. The molecule has 5 nitrogen and oxygen atoms in total. The molecule has 0 spiro atoms. The molecule has 0 aromatic heterocycles. The van der Waals surface area contributed by atoms with E-state index in [-0.39, 0.29) is 24.1 Å². The Kier molecular flexibility index (Phi) is 4.75. The first-order valence-corrected chi connectivity index (χ1v) is 9.20. The summed E-state index contributed by atoms with van der Waals surface area (Å²) in [6.45, 7) is 2.61. The number of carbonyl (C=O) groups excluding carboxylic acids is 2. The van der Waals surface area contributed by atoms with Gasteiger partial charge in [-0.25, -0.2) is 18.5 Å². The van der Waals surface area contributed by atoms with Crippen molar-refractivity contribution < 1.29 is 23.1 Å². The minimum atomic E-state index is -0.685. The highest BCUT2D eigenvalue weighted by atomic mass is 19.1. The molecule has 146 valence electrons. The maximum Gasteiger partial charge on any atom is 0.416 e. The molecule has 2 aliphatic rings. The number of para-hydroxylation sites is 1. The zero-order valence-corrected chi connectivity index (χ0v) is 15.3. The smallest absolute Gasteiger partial charge is 0.416 e. The molecule has 2 saturated heterocycles. The minimum absolute atomic E-state index is 0.148. The molecule has 0 unspecified atom stereocenters. The Balaban J connectivity index is 1.70. The van der Waals surface area contributed by atoms with Gasteiger partial charge in [0.15, 0.2) is 0 Å². The highest BCUT2D eigenvalue weighted by Gasteiger charge is 2.46. The van der Waals surface area contributed by atoms with Crippen molar-refractivity contribution >= 4 is 17.7 Å². The molecule has 2 amide bonds. The number of rotatable bonds is 3. The Labute approximate surface area is 161 Å². The van der Waals surface area contributed by atoms with E-state index in [1.165, 1.54) is 12.1 Å². The molecule has 28 heavy (non-hydrogen) atoms. The van der Waals surface area contributed by atoms with E-state index < -0.39 is 29.6 Å². The molecular weight excluding hydrogens is 366 g/mol. The van der Waals surface area contributed by atoms with Crippen molar-refractivity contribution in [1.82, 2.24) is 4.90 Å². The number of anilines is 1. The van der Waals surface area contributed by atoms with Gasteiger partial charge in [0.1, 0.15) is 18.2 Å². The lowest BCUT2D eigenvalue weighted by Gasteiger charge is -2.24. The van der Waals surface area contributed by atoms with Crippen LogP contribution >= 0.6 is 0 Å². The number of imide groups is 1. The minimum Gasteiger partial charge on any atom is -0.447 e. The lowest BCUT2D eigenvalue weighted by Crippen LogP contribution is -2.43. The number of carbonyl (C=O) groups is 2. The molecule has 3 atom stereocenters. The second kappa shape index (κ2) is 7.22. The summed E-state index contributed by atoms with van der Waals surface area (Å²) in [5.41, 5.74) is 1.18. The number of hydrogen-bond donors (Lipinski definition) is 0. The van der Waals surface area contributed by atoms with Crippen molar-refractivity contribution in [3.8, 4) is 0 Å². The quantitative estimate of drug-likeness (QED) is 0.810. The third kappa shape index (κ3) is 3.21. The monoisotopic (exact) mass is 386 g/mol. The number of nitrogens with zero attached hydrogens (tertiary/aromatic N) is 2. The first-order chi connectivity index (χ1) is 13.5. The van der Waals surface area contributed by atoms with Crippen LogP contribution in [0.1, 0.15) is 18.4 Å². The molecule has 2 aliphatic heterocycles. The van der Waals surface area contributed by atoms with E-state index in [0.717, 1.165) is 16.7 Å². The molecule has 4 rings (SSSR count). The molecule has 0 N–H and O–H groups in total. The van der Waals surface area contributed by atoms with Gasteiger partial charge in [0.05, 0.1) is 12.0 Å². The number of ether oxygens (including phenoxy) is 1. The summed E-state index contributed by atoms with van der Waals surface area (Å²) in [7, 11) is 0. The normalized spacial score (nSPS) is 24.5. The van der Waals surface area contributed by atoms with E-state index in [1.54, 1.807) is 6.92 Å². The van der Waals surface area contributed by atoms with E-state index in [9.17, 15) is 18.4 Å². The number of benzene rings is 2. The van der Waals surface area contributed by atoms with E-state index >= 15 is 0 Å². The lowest BCUT2D eigenvalue weighted by atomic mass is 9.87. The molecule has 7 heteroatoms. The fraction of sp³-hybridized carbons (Fsp3) is 0.333. The fourth-order valence-corrected chi connectivity index (χ4v) is 4.02. The topological polar surface area (TPSA) is 49.9 Å². The van der Waals surface area contributed by atoms with Crippen molar-refractivity contribution in [2.24, 2.45) is 5.92 Å². The maximum absolute atomic E-state index is 14.5. The van der Waals surface area contributed by atoms with E-state index in [4.69, 9.17) is 4.74 Å². The van der Waals surface area contributed by atoms with Crippen LogP contribution in [0.2, 0.25) is 0 Å². The third-order valence-corrected chi connectivity index (χ3v) is 5.44. The highest BCUT2D eigenvalue weighted by molar-refractivity contribution is 5.96. The Morgan fingerprint density at radius 1 is 1.11 bits per heavy atom. The summed E-state index contributed by atoms with van der Waals surface area (Å²) in [5, 5.41) is 0. The average Bonchev–Trinajstić information content (AvgIpc) is 3.26. The van der Waals surface area contributed by atoms with Gasteiger partial charge in [-0.1, -0.05) is 24.3 Å². The van der Waals surface area contributed by atoms with Crippen LogP contribution in [0, 0.1) is 17.6 Å². The van der Waals surface area contributed by atoms with Crippen molar-refractivity contribution in [2.75, 3.05) is 24.6 Å². The molecule has 2 fully saturated rings.